The number of nitrogens with two attached hydrogens (primary N) is 1. The minimum absolute atomic E-state index is 0.0498. The molecule has 214 valence electrons. The first-order valence-corrected chi connectivity index (χ1v) is 13.4. The monoisotopic (exact) mass is 587 g/mol. The number of hydrogen-bond acceptors (Lipinski definition) is 6. The number of carbonyl (C=O) groups excluding carboxylic acids is 2. The number of rotatable bonds is 7. The molecule has 4 rings (SSSR count). The Kier molecular flexibility index (Phi) is 8.98. The number of piperazine rings is 1. The molecule has 1 fully saturated rings. The molecule has 1 saturated heterocycles. The van der Waals surface area contributed by atoms with Crippen LogP contribution in [0.1, 0.15) is 15.9 Å². The van der Waals surface area contributed by atoms with Gasteiger partial charge < -0.3 is 20.1 Å². The summed E-state index contributed by atoms with van der Waals surface area (Å²) in [7, 11) is 0. The Labute approximate surface area is 236 Å². The number of alkyl halides is 3. The molecule has 1 atom stereocenters. The molecular formula is C28H25F4N5O3S. The van der Waals surface area contributed by atoms with Gasteiger partial charge in [-0.25, -0.2) is 9.11 Å². The number of anilines is 1. The first-order chi connectivity index (χ1) is 19.5. The zero-order valence-electron chi connectivity index (χ0n) is 21.5. The summed E-state index contributed by atoms with van der Waals surface area (Å²) in [6.45, 7) is 3.51. The summed E-state index contributed by atoms with van der Waals surface area (Å²) in [6, 6.07) is 11.3. The minimum atomic E-state index is -4.85. The third-order valence-electron chi connectivity index (χ3n) is 6.29. The van der Waals surface area contributed by atoms with Crippen molar-refractivity contribution in [1.29, 1.82) is 0 Å². The Morgan fingerprint density at radius 1 is 1.05 bits per heavy atom. The molecule has 3 aromatic rings. The van der Waals surface area contributed by atoms with E-state index in [2.05, 4.69) is 16.3 Å². The van der Waals surface area contributed by atoms with Gasteiger partial charge in [-0.15, -0.1) is 0 Å². The number of nitrogens with zero attached hydrogens (tertiary/aromatic N) is 3. The molecule has 2 amide bonds. The molecule has 2 aromatic carbocycles. The molecule has 0 bridgehead atoms. The Morgan fingerprint density at radius 2 is 1.73 bits per heavy atom. The maximum atomic E-state index is 14.0. The van der Waals surface area contributed by atoms with Gasteiger partial charge in [0.2, 0.25) is 4.90 Å². The average molecular weight is 588 g/mol. The lowest BCUT2D eigenvalue weighted by Gasteiger charge is -2.35. The molecule has 2 heterocycles. The SMILES string of the molecule is C=C/C(F)=C\C=C(/N)C(=O)N1CCN(C(=O)c2ccc(N[S+]([O-])c3cccc4cccnc34)c(C(F)(F)F)c2)CC1. The number of nitrogens with one attached hydrogen (secondary N) is 1. The summed E-state index contributed by atoms with van der Waals surface area (Å²) < 4.78 is 70.7. The first-order valence-electron chi connectivity index (χ1n) is 12.3. The molecule has 0 saturated carbocycles. The highest BCUT2D eigenvalue weighted by molar-refractivity contribution is 7.93. The molecule has 0 spiro atoms. The van der Waals surface area contributed by atoms with Crippen molar-refractivity contribution in [2.45, 2.75) is 11.1 Å². The van der Waals surface area contributed by atoms with Crippen LogP contribution >= 0.6 is 0 Å². The van der Waals surface area contributed by atoms with E-state index in [1.165, 1.54) is 28.1 Å². The number of halogens is 4. The number of carbonyl (C=O) groups is 2. The fraction of sp³-hybridized carbons (Fsp3) is 0.179. The van der Waals surface area contributed by atoms with Gasteiger partial charge in [0, 0.05) is 43.3 Å². The highest BCUT2D eigenvalue weighted by atomic mass is 32.2. The number of para-hydroxylation sites is 1. The van der Waals surface area contributed by atoms with Crippen LogP contribution in [0, 0.1) is 0 Å². The lowest BCUT2D eigenvalue weighted by atomic mass is 10.1. The predicted octanol–water partition coefficient (Wildman–Crippen LogP) is 4.55. The molecule has 13 heteroatoms. The average Bonchev–Trinajstić information content (AvgIpc) is 2.98. The molecule has 3 N–H and O–H groups in total. The van der Waals surface area contributed by atoms with Crippen LogP contribution in [0.2, 0.25) is 0 Å². The van der Waals surface area contributed by atoms with Crippen LogP contribution in [-0.2, 0) is 22.3 Å². The van der Waals surface area contributed by atoms with E-state index in [1.807, 2.05) is 0 Å². The zero-order chi connectivity index (χ0) is 29.7. The topological polar surface area (TPSA) is 115 Å². The van der Waals surface area contributed by atoms with E-state index in [-0.39, 0.29) is 42.3 Å². The molecule has 0 aliphatic carbocycles. The Morgan fingerprint density at radius 3 is 2.41 bits per heavy atom. The lowest BCUT2D eigenvalue weighted by Crippen LogP contribution is -2.51. The van der Waals surface area contributed by atoms with E-state index >= 15 is 0 Å². The fourth-order valence-electron chi connectivity index (χ4n) is 4.17. The molecular weight excluding hydrogens is 562 g/mol. The van der Waals surface area contributed by atoms with Gasteiger partial charge in [0.1, 0.15) is 22.7 Å². The fourth-order valence-corrected chi connectivity index (χ4v) is 5.20. The summed E-state index contributed by atoms with van der Waals surface area (Å²) in [5.74, 6) is -1.89. The van der Waals surface area contributed by atoms with Crippen molar-refractivity contribution in [2.75, 3.05) is 30.9 Å². The molecule has 0 radical (unpaired) electrons. The minimum Gasteiger partial charge on any atom is -0.588 e. The predicted molar refractivity (Wildman–Crippen MR) is 147 cm³/mol. The van der Waals surface area contributed by atoms with Gasteiger partial charge >= 0.3 is 6.18 Å². The van der Waals surface area contributed by atoms with Crippen molar-refractivity contribution in [2.24, 2.45) is 5.73 Å². The van der Waals surface area contributed by atoms with Gasteiger partial charge in [0.05, 0.1) is 16.9 Å². The quantitative estimate of drug-likeness (QED) is 0.181. The molecule has 41 heavy (non-hydrogen) atoms. The summed E-state index contributed by atoms with van der Waals surface area (Å²) in [6.07, 6.45) is -0.309. The lowest BCUT2D eigenvalue weighted by molar-refractivity contribution is -0.137. The number of benzene rings is 2. The number of amides is 2. The van der Waals surface area contributed by atoms with Crippen LogP contribution in [-0.4, -0.2) is 57.3 Å². The normalized spacial score (nSPS) is 15.5. The van der Waals surface area contributed by atoms with Crippen LogP contribution in [0.3, 0.4) is 0 Å². The summed E-state index contributed by atoms with van der Waals surface area (Å²) in [5.41, 5.74) is 4.05. The van der Waals surface area contributed by atoms with Gasteiger partial charge in [0.25, 0.3) is 11.8 Å². The van der Waals surface area contributed by atoms with Crippen molar-refractivity contribution >= 4 is 39.8 Å². The van der Waals surface area contributed by atoms with Gasteiger partial charge in [-0.1, -0.05) is 24.8 Å². The molecule has 1 aliphatic heterocycles. The van der Waals surface area contributed by atoms with Crippen LogP contribution in [0.15, 0.2) is 96.0 Å². The van der Waals surface area contributed by atoms with Crippen molar-refractivity contribution in [1.82, 2.24) is 14.8 Å². The van der Waals surface area contributed by atoms with E-state index in [0.717, 1.165) is 24.3 Å². The second-order valence-electron chi connectivity index (χ2n) is 8.92. The van der Waals surface area contributed by atoms with Crippen LogP contribution in [0.4, 0.5) is 23.2 Å². The van der Waals surface area contributed by atoms with Crippen molar-refractivity contribution < 1.29 is 31.7 Å². The first kappa shape index (κ1) is 29.6. The number of allylic oxidation sites excluding steroid dienone is 4. The summed E-state index contributed by atoms with van der Waals surface area (Å²) in [4.78, 5) is 32.6. The Bertz CT molecular complexity index is 1530. The molecule has 1 aromatic heterocycles. The zero-order valence-corrected chi connectivity index (χ0v) is 22.3. The Balaban J connectivity index is 1.49. The maximum Gasteiger partial charge on any atom is 0.418 e. The van der Waals surface area contributed by atoms with Crippen molar-refractivity contribution in [3.05, 3.63) is 102 Å². The standard InChI is InChI=1S/C28H25F4N5O3S/c1-2-20(29)9-10-22(33)27(39)37-15-13-36(14-16-37)26(38)19-8-11-23(21(17-19)28(30,31)32)35-41(40)24-7-3-5-18-6-4-12-34-25(18)24/h2-12,17,35H,1,13-16,33H2/b20-9+,22-10-. The third kappa shape index (κ3) is 6.87. The maximum absolute atomic E-state index is 14.0. The number of fused-ring (bicyclic) bond motifs is 1. The number of pyridine rings is 1. The third-order valence-corrected chi connectivity index (χ3v) is 7.42. The summed E-state index contributed by atoms with van der Waals surface area (Å²) >= 11 is -2.08. The van der Waals surface area contributed by atoms with Crippen molar-refractivity contribution in [3.63, 3.8) is 0 Å². The van der Waals surface area contributed by atoms with Crippen molar-refractivity contribution in [3.8, 4) is 0 Å². The second kappa shape index (κ2) is 12.4. The van der Waals surface area contributed by atoms with E-state index in [1.54, 1.807) is 24.3 Å². The molecule has 1 aliphatic rings. The highest BCUT2D eigenvalue weighted by Crippen LogP contribution is 2.37. The van der Waals surface area contributed by atoms with E-state index in [0.29, 0.717) is 17.0 Å². The van der Waals surface area contributed by atoms with E-state index in [4.69, 9.17) is 5.73 Å². The highest BCUT2D eigenvalue weighted by Gasteiger charge is 2.36. The summed E-state index contributed by atoms with van der Waals surface area (Å²) in [5, 5.41) is 0.677. The largest absolute Gasteiger partial charge is 0.588 e. The molecule has 1 unspecified atom stereocenters. The van der Waals surface area contributed by atoms with Gasteiger partial charge in [0.15, 0.2) is 0 Å². The van der Waals surface area contributed by atoms with Crippen LogP contribution in [0.5, 0.6) is 0 Å². The van der Waals surface area contributed by atoms with E-state index < -0.39 is 46.4 Å². The molecule has 8 nitrogen and oxygen atoms in total. The van der Waals surface area contributed by atoms with Gasteiger partial charge in [-0.05, 0) is 48.6 Å². The smallest absolute Gasteiger partial charge is 0.418 e. The second-order valence-corrected chi connectivity index (χ2v) is 10.1. The number of hydrogen-bond donors (Lipinski definition) is 2. The number of aromatic nitrogens is 1. The van der Waals surface area contributed by atoms with E-state index in [9.17, 15) is 31.7 Å². The van der Waals surface area contributed by atoms with Crippen LogP contribution < -0.4 is 10.5 Å². The van der Waals surface area contributed by atoms with Gasteiger partial charge in [-0.2, -0.15) is 13.2 Å². The van der Waals surface area contributed by atoms with Gasteiger partial charge in [-0.3, -0.25) is 14.6 Å². The Hall–Kier alpha value is -4.36. The van der Waals surface area contributed by atoms with Crippen LogP contribution in [0.25, 0.3) is 10.9 Å².